The van der Waals surface area contributed by atoms with Gasteiger partial charge in [-0.05, 0) is 45.4 Å². The molecule has 8 heteroatoms. The summed E-state index contributed by atoms with van der Waals surface area (Å²) < 4.78 is 5.12. The van der Waals surface area contributed by atoms with E-state index in [0.717, 1.165) is 38.8 Å². The molecule has 29 heavy (non-hydrogen) atoms. The van der Waals surface area contributed by atoms with Crippen molar-refractivity contribution in [2.24, 2.45) is 11.8 Å². The van der Waals surface area contributed by atoms with Crippen LogP contribution in [-0.4, -0.2) is 76.8 Å². The van der Waals surface area contributed by atoms with Gasteiger partial charge in [-0.25, -0.2) is 0 Å². The number of aryl methyl sites for hydroxylation is 2. The fraction of sp³-hybridized carbons (Fsp3) is 0.714. The molecular formula is C21H30N4O4. The zero-order valence-electron chi connectivity index (χ0n) is 17.4. The molecule has 3 saturated heterocycles. The molecule has 0 aromatic carbocycles. The van der Waals surface area contributed by atoms with E-state index < -0.39 is 0 Å². The van der Waals surface area contributed by atoms with Gasteiger partial charge in [0, 0.05) is 45.7 Å². The van der Waals surface area contributed by atoms with Gasteiger partial charge in [-0.3, -0.25) is 14.4 Å². The minimum absolute atomic E-state index is 0.0202. The maximum absolute atomic E-state index is 12.8. The molecule has 4 heterocycles. The quantitative estimate of drug-likeness (QED) is 0.764. The van der Waals surface area contributed by atoms with E-state index in [-0.39, 0.29) is 23.6 Å². The first-order chi connectivity index (χ1) is 13.9. The third-order valence-electron chi connectivity index (χ3n) is 6.61. The summed E-state index contributed by atoms with van der Waals surface area (Å²) in [4.78, 5) is 43.5. The number of amides is 3. The lowest BCUT2D eigenvalue weighted by Gasteiger charge is -2.34. The predicted molar refractivity (Wildman–Crippen MR) is 105 cm³/mol. The van der Waals surface area contributed by atoms with E-state index in [1.807, 2.05) is 14.7 Å². The van der Waals surface area contributed by atoms with E-state index in [1.54, 1.807) is 13.8 Å². The second-order valence-electron chi connectivity index (χ2n) is 8.67. The summed E-state index contributed by atoms with van der Waals surface area (Å²) in [5.41, 5.74) is 1.20. The first kappa shape index (κ1) is 19.9. The van der Waals surface area contributed by atoms with Crippen molar-refractivity contribution >= 4 is 17.7 Å². The second kappa shape index (κ2) is 8.16. The fourth-order valence-corrected chi connectivity index (χ4v) is 4.89. The van der Waals surface area contributed by atoms with Gasteiger partial charge in [-0.15, -0.1) is 0 Å². The topological polar surface area (TPSA) is 87.0 Å². The van der Waals surface area contributed by atoms with Crippen LogP contribution < -0.4 is 0 Å². The average molecular weight is 402 g/mol. The van der Waals surface area contributed by atoms with Gasteiger partial charge in [-0.2, -0.15) is 0 Å². The van der Waals surface area contributed by atoms with Crippen LogP contribution in [-0.2, 0) is 9.59 Å². The Kier molecular flexibility index (Phi) is 5.61. The zero-order chi connectivity index (χ0) is 20.5. The normalized spacial score (nSPS) is 23.3. The average Bonchev–Trinajstić information content (AvgIpc) is 3.44. The summed E-state index contributed by atoms with van der Waals surface area (Å²) in [7, 11) is 0. The van der Waals surface area contributed by atoms with Gasteiger partial charge in [0.1, 0.15) is 11.3 Å². The molecule has 1 aromatic rings. The Labute approximate surface area is 171 Å². The van der Waals surface area contributed by atoms with Gasteiger partial charge in [0.25, 0.3) is 5.91 Å². The number of likely N-dealkylation sites (tertiary alicyclic amines) is 3. The molecule has 0 spiro atoms. The number of hydrogen-bond acceptors (Lipinski definition) is 5. The van der Waals surface area contributed by atoms with E-state index in [1.165, 1.54) is 0 Å². The van der Waals surface area contributed by atoms with E-state index >= 15 is 0 Å². The molecule has 4 rings (SSSR count). The first-order valence-electron chi connectivity index (χ1n) is 10.7. The SMILES string of the molecule is Cc1noc(C)c1C(=O)N1CCC(CN2CC(C(=O)N3CCCC3)CC2=O)CC1. The van der Waals surface area contributed by atoms with Crippen molar-refractivity contribution in [3.63, 3.8) is 0 Å². The van der Waals surface area contributed by atoms with Crippen LogP contribution in [0.3, 0.4) is 0 Å². The number of piperidine rings is 1. The van der Waals surface area contributed by atoms with Crippen molar-refractivity contribution in [1.29, 1.82) is 0 Å². The first-order valence-corrected chi connectivity index (χ1v) is 10.7. The molecular weight excluding hydrogens is 372 g/mol. The largest absolute Gasteiger partial charge is 0.361 e. The summed E-state index contributed by atoms with van der Waals surface area (Å²) in [5, 5.41) is 3.88. The lowest BCUT2D eigenvalue weighted by molar-refractivity contribution is -0.134. The van der Waals surface area contributed by atoms with Gasteiger partial charge < -0.3 is 19.2 Å². The van der Waals surface area contributed by atoms with Crippen LogP contribution in [0.2, 0.25) is 0 Å². The molecule has 0 aliphatic carbocycles. The molecule has 3 aliphatic heterocycles. The highest BCUT2D eigenvalue weighted by atomic mass is 16.5. The number of carbonyl (C=O) groups is 3. The van der Waals surface area contributed by atoms with E-state index in [0.29, 0.717) is 55.5 Å². The Morgan fingerprint density at radius 3 is 2.38 bits per heavy atom. The number of rotatable bonds is 4. The van der Waals surface area contributed by atoms with Crippen LogP contribution in [0.25, 0.3) is 0 Å². The Morgan fingerprint density at radius 2 is 1.76 bits per heavy atom. The molecule has 3 amide bonds. The van der Waals surface area contributed by atoms with Crippen LogP contribution in [0, 0.1) is 25.7 Å². The minimum atomic E-state index is -0.179. The van der Waals surface area contributed by atoms with Gasteiger partial charge in [0.05, 0.1) is 11.6 Å². The molecule has 1 aromatic heterocycles. The standard InChI is InChI=1S/C21H30N4O4/c1-14-19(15(2)29-22-14)21(28)24-9-5-16(6-10-24)12-25-13-17(11-18(25)26)20(27)23-7-3-4-8-23/h16-17H,3-13H2,1-2H3. The van der Waals surface area contributed by atoms with E-state index in [9.17, 15) is 14.4 Å². The maximum atomic E-state index is 12.8. The fourth-order valence-electron chi connectivity index (χ4n) is 4.89. The van der Waals surface area contributed by atoms with Crippen LogP contribution in [0.4, 0.5) is 0 Å². The van der Waals surface area contributed by atoms with Crippen molar-refractivity contribution in [3.05, 3.63) is 17.0 Å². The Bertz CT molecular complexity index is 771. The van der Waals surface area contributed by atoms with Gasteiger partial charge in [0.15, 0.2) is 0 Å². The summed E-state index contributed by atoms with van der Waals surface area (Å²) in [6.07, 6.45) is 4.22. The van der Waals surface area contributed by atoms with Crippen molar-refractivity contribution in [3.8, 4) is 0 Å². The van der Waals surface area contributed by atoms with Crippen LogP contribution in [0.1, 0.15) is 53.9 Å². The highest BCUT2D eigenvalue weighted by molar-refractivity contribution is 5.96. The molecule has 0 radical (unpaired) electrons. The maximum Gasteiger partial charge on any atom is 0.259 e. The van der Waals surface area contributed by atoms with Gasteiger partial charge in [-0.1, -0.05) is 5.16 Å². The Morgan fingerprint density at radius 1 is 1.07 bits per heavy atom. The second-order valence-corrected chi connectivity index (χ2v) is 8.67. The lowest BCUT2D eigenvalue weighted by Crippen LogP contribution is -2.42. The van der Waals surface area contributed by atoms with E-state index in [2.05, 4.69) is 5.16 Å². The lowest BCUT2D eigenvalue weighted by atomic mass is 9.95. The summed E-state index contributed by atoms with van der Waals surface area (Å²) in [6, 6.07) is 0. The molecule has 0 saturated carbocycles. The molecule has 0 bridgehead atoms. The molecule has 8 nitrogen and oxygen atoms in total. The van der Waals surface area contributed by atoms with E-state index in [4.69, 9.17) is 4.52 Å². The van der Waals surface area contributed by atoms with Gasteiger partial charge in [0.2, 0.25) is 11.8 Å². The third-order valence-corrected chi connectivity index (χ3v) is 6.61. The number of aromatic nitrogens is 1. The molecule has 3 fully saturated rings. The summed E-state index contributed by atoms with van der Waals surface area (Å²) in [5.74, 6) is 0.976. The Balaban J connectivity index is 1.28. The van der Waals surface area contributed by atoms with Crippen molar-refractivity contribution in [2.75, 3.05) is 39.3 Å². The van der Waals surface area contributed by atoms with Crippen LogP contribution in [0.15, 0.2) is 4.52 Å². The summed E-state index contributed by atoms with van der Waals surface area (Å²) in [6.45, 7) is 7.80. The van der Waals surface area contributed by atoms with Crippen LogP contribution in [0.5, 0.6) is 0 Å². The molecule has 158 valence electrons. The number of carbonyl (C=O) groups excluding carboxylic acids is 3. The molecule has 3 aliphatic rings. The number of nitrogens with zero attached hydrogens (tertiary/aromatic N) is 4. The smallest absolute Gasteiger partial charge is 0.259 e. The van der Waals surface area contributed by atoms with Crippen molar-refractivity contribution in [1.82, 2.24) is 19.9 Å². The predicted octanol–water partition coefficient (Wildman–Crippen LogP) is 1.61. The molecule has 0 N–H and O–H groups in total. The summed E-state index contributed by atoms with van der Waals surface area (Å²) >= 11 is 0. The zero-order valence-corrected chi connectivity index (χ0v) is 17.4. The van der Waals surface area contributed by atoms with Crippen molar-refractivity contribution in [2.45, 2.75) is 46.0 Å². The molecule has 1 atom stereocenters. The van der Waals surface area contributed by atoms with Crippen molar-refractivity contribution < 1.29 is 18.9 Å². The minimum Gasteiger partial charge on any atom is -0.361 e. The highest BCUT2D eigenvalue weighted by Gasteiger charge is 2.38. The Hall–Kier alpha value is -2.38. The third kappa shape index (κ3) is 4.02. The highest BCUT2D eigenvalue weighted by Crippen LogP contribution is 2.27. The van der Waals surface area contributed by atoms with Gasteiger partial charge >= 0.3 is 0 Å². The number of hydrogen-bond donors (Lipinski definition) is 0. The molecule has 1 unspecified atom stereocenters. The monoisotopic (exact) mass is 402 g/mol. The van der Waals surface area contributed by atoms with Crippen LogP contribution >= 0.6 is 0 Å².